The summed E-state index contributed by atoms with van der Waals surface area (Å²) in [4.78, 5) is 4.62. The summed E-state index contributed by atoms with van der Waals surface area (Å²) in [6, 6.07) is 4.20. The molecule has 0 unspecified atom stereocenters. The standard InChI is InChI=1S/C11H14BrN3/c1-7-4-8(12)5-9-11(7)14-10(6-13-2)15(9)3/h4-5,13H,6H2,1-3H3. The van der Waals surface area contributed by atoms with Crippen LogP contribution in [0, 0.1) is 6.92 Å². The lowest BCUT2D eigenvalue weighted by Gasteiger charge is -2.01. The van der Waals surface area contributed by atoms with Crippen molar-refractivity contribution in [2.45, 2.75) is 13.5 Å². The summed E-state index contributed by atoms with van der Waals surface area (Å²) in [7, 11) is 3.98. The van der Waals surface area contributed by atoms with Gasteiger partial charge in [0, 0.05) is 11.5 Å². The number of benzene rings is 1. The Morgan fingerprint density at radius 3 is 2.87 bits per heavy atom. The van der Waals surface area contributed by atoms with E-state index in [9.17, 15) is 0 Å². The van der Waals surface area contributed by atoms with E-state index in [4.69, 9.17) is 0 Å². The summed E-state index contributed by atoms with van der Waals surface area (Å²) in [5.74, 6) is 1.06. The van der Waals surface area contributed by atoms with E-state index in [0.29, 0.717) is 0 Å². The third kappa shape index (κ3) is 1.79. The van der Waals surface area contributed by atoms with Crippen LogP contribution in [-0.4, -0.2) is 16.6 Å². The van der Waals surface area contributed by atoms with Gasteiger partial charge in [0.1, 0.15) is 5.82 Å². The van der Waals surface area contributed by atoms with Gasteiger partial charge in [0.15, 0.2) is 0 Å². The highest BCUT2D eigenvalue weighted by Crippen LogP contribution is 2.23. The van der Waals surface area contributed by atoms with Crippen LogP contribution in [0.1, 0.15) is 11.4 Å². The molecule has 2 aromatic rings. The van der Waals surface area contributed by atoms with E-state index in [0.717, 1.165) is 22.4 Å². The molecule has 0 saturated heterocycles. The number of aromatic nitrogens is 2. The first-order chi connectivity index (χ1) is 7.13. The fourth-order valence-electron chi connectivity index (χ4n) is 1.78. The van der Waals surface area contributed by atoms with E-state index in [1.165, 1.54) is 11.1 Å². The van der Waals surface area contributed by atoms with Gasteiger partial charge in [-0.05, 0) is 31.7 Å². The summed E-state index contributed by atoms with van der Waals surface area (Å²) in [6.45, 7) is 2.88. The molecule has 80 valence electrons. The minimum absolute atomic E-state index is 0.794. The maximum absolute atomic E-state index is 4.62. The van der Waals surface area contributed by atoms with E-state index < -0.39 is 0 Å². The Hall–Kier alpha value is -0.870. The smallest absolute Gasteiger partial charge is 0.123 e. The zero-order chi connectivity index (χ0) is 11.0. The molecule has 4 heteroatoms. The molecule has 0 bridgehead atoms. The van der Waals surface area contributed by atoms with Crippen LogP contribution >= 0.6 is 15.9 Å². The Kier molecular flexibility index (Phi) is 2.80. The molecule has 0 aliphatic rings. The van der Waals surface area contributed by atoms with Gasteiger partial charge in [0.2, 0.25) is 0 Å². The Morgan fingerprint density at radius 1 is 1.47 bits per heavy atom. The van der Waals surface area contributed by atoms with Crippen molar-refractivity contribution in [1.82, 2.24) is 14.9 Å². The van der Waals surface area contributed by atoms with Gasteiger partial charge in [0.05, 0.1) is 17.6 Å². The lowest BCUT2D eigenvalue weighted by Crippen LogP contribution is -2.10. The molecule has 0 amide bonds. The van der Waals surface area contributed by atoms with Crippen molar-refractivity contribution in [2.24, 2.45) is 7.05 Å². The average Bonchev–Trinajstić information content (AvgIpc) is 2.47. The van der Waals surface area contributed by atoms with Gasteiger partial charge in [-0.2, -0.15) is 0 Å². The van der Waals surface area contributed by atoms with Gasteiger partial charge >= 0.3 is 0 Å². The normalized spacial score (nSPS) is 11.2. The van der Waals surface area contributed by atoms with E-state index in [1.807, 2.05) is 14.1 Å². The number of imidazole rings is 1. The highest BCUT2D eigenvalue weighted by molar-refractivity contribution is 9.10. The van der Waals surface area contributed by atoms with Crippen LogP contribution in [0.5, 0.6) is 0 Å². The van der Waals surface area contributed by atoms with Crippen LogP contribution in [0.25, 0.3) is 11.0 Å². The third-order valence-electron chi connectivity index (χ3n) is 2.57. The molecule has 1 aromatic heterocycles. The van der Waals surface area contributed by atoms with Crippen LogP contribution in [0.3, 0.4) is 0 Å². The maximum Gasteiger partial charge on any atom is 0.123 e. The van der Waals surface area contributed by atoms with Crippen molar-refractivity contribution in [3.63, 3.8) is 0 Å². The van der Waals surface area contributed by atoms with Crippen LogP contribution < -0.4 is 5.32 Å². The molecule has 2 rings (SSSR count). The molecular weight excluding hydrogens is 254 g/mol. The van der Waals surface area contributed by atoms with Gasteiger partial charge in [0.25, 0.3) is 0 Å². The summed E-state index contributed by atoms with van der Waals surface area (Å²) in [6.07, 6.45) is 0. The predicted molar refractivity (Wildman–Crippen MR) is 65.9 cm³/mol. The largest absolute Gasteiger partial charge is 0.330 e. The average molecular weight is 268 g/mol. The summed E-state index contributed by atoms with van der Waals surface area (Å²) in [5, 5.41) is 3.12. The van der Waals surface area contributed by atoms with Crippen LogP contribution in [0.4, 0.5) is 0 Å². The third-order valence-corrected chi connectivity index (χ3v) is 3.03. The summed E-state index contributed by atoms with van der Waals surface area (Å²) in [5.41, 5.74) is 3.47. The number of hydrogen-bond donors (Lipinski definition) is 1. The Balaban J connectivity index is 2.70. The first-order valence-corrected chi connectivity index (χ1v) is 5.69. The van der Waals surface area contributed by atoms with Gasteiger partial charge in [-0.3, -0.25) is 0 Å². The SMILES string of the molecule is CNCc1nc2c(C)cc(Br)cc2n1C. The number of rotatable bonds is 2. The van der Waals surface area contributed by atoms with Crippen molar-refractivity contribution < 1.29 is 0 Å². The van der Waals surface area contributed by atoms with Gasteiger partial charge in [-0.1, -0.05) is 15.9 Å². The molecule has 0 aliphatic carbocycles. The summed E-state index contributed by atoms with van der Waals surface area (Å²) < 4.78 is 3.23. The maximum atomic E-state index is 4.62. The topological polar surface area (TPSA) is 29.9 Å². The van der Waals surface area contributed by atoms with Crippen molar-refractivity contribution in [3.8, 4) is 0 Å². The fourth-order valence-corrected chi connectivity index (χ4v) is 2.34. The van der Waals surface area contributed by atoms with Crippen molar-refractivity contribution in [3.05, 3.63) is 28.0 Å². The van der Waals surface area contributed by atoms with Crippen molar-refractivity contribution in [2.75, 3.05) is 7.05 Å². The molecule has 0 radical (unpaired) electrons. The highest BCUT2D eigenvalue weighted by atomic mass is 79.9. The molecule has 1 N–H and O–H groups in total. The Bertz CT molecular complexity index is 502. The first kappa shape index (κ1) is 10.6. The minimum Gasteiger partial charge on any atom is -0.330 e. The van der Waals surface area contributed by atoms with Gasteiger partial charge in [-0.15, -0.1) is 0 Å². The number of hydrogen-bond acceptors (Lipinski definition) is 2. The zero-order valence-electron chi connectivity index (χ0n) is 9.13. The molecule has 1 heterocycles. The summed E-state index contributed by atoms with van der Waals surface area (Å²) >= 11 is 3.51. The number of aryl methyl sites for hydroxylation is 2. The second kappa shape index (κ2) is 3.94. The van der Waals surface area contributed by atoms with Crippen LogP contribution in [0.15, 0.2) is 16.6 Å². The fraction of sp³-hybridized carbons (Fsp3) is 0.364. The molecule has 0 saturated carbocycles. The molecular formula is C11H14BrN3. The Morgan fingerprint density at radius 2 is 2.20 bits per heavy atom. The molecule has 0 atom stereocenters. The molecule has 0 spiro atoms. The van der Waals surface area contributed by atoms with E-state index in [-0.39, 0.29) is 0 Å². The van der Waals surface area contributed by atoms with Crippen molar-refractivity contribution >= 4 is 27.0 Å². The monoisotopic (exact) mass is 267 g/mol. The van der Waals surface area contributed by atoms with Gasteiger partial charge < -0.3 is 9.88 Å². The predicted octanol–water partition coefficient (Wildman–Crippen LogP) is 2.36. The molecule has 0 fully saturated rings. The molecule has 3 nitrogen and oxygen atoms in total. The Labute approximate surface area is 97.6 Å². The lowest BCUT2D eigenvalue weighted by atomic mass is 10.2. The number of nitrogens with one attached hydrogen (secondary N) is 1. The van der Waals surface area contributed by atoms with Crippen LogP contribution in [-0.2, 0) is 13.6 Å². The van der Waals surface area contributed by atoms with E-state index in [1.54, 1.807) is 0 Å². The van der Waals surface area contributed by atoms with Gasteiger partial charge in [-0.25, -0.2) is 4.98 Å². The minimum atomic E-state index is 0.794. The van der Waals surface area contributed by atoms with Crippen molar-refractivity contribution in [1.29, 1.82) is 0 Å². The number of halogens is 1. The first-order valence-electron chi connectivity index (χ1n) is 4.89. The van der Waals surface area contributed by atoms with E-state index >= 15 is 0 Å². The highest BCUT2D eigenvalue weighted by Gasteiger charge is 2.09. The number of nitrogens with zero attached hydrogens (tertiary/aromatic N) is 2. The molecule has 0 aliphatic heterocycles. The number of fused-ring (bicyclic) bond motifs is 1. The molecule has 15 heavy (non-hydrogen) atoms. The van der Waals surface area contributed by atoms with Crippen LogP contribution in [0.2, 0.25) is 0 Å². The molecule has 1 aromatic carbocycles. The lowest BCUT2D eigenvalue weighted by molar-refractivity contribution is 0.719. The second-order valence-electron chi connectivity index (χ2n) is 3.71. The quantitative estimate of drug-likeness (QED) is 0.906. The zero-order valence-corrected chi connectivity index (χ0v) is 10.7. The van der Waals surface area contributed by atoms with E-state index in [2.05, 4.69) is 49.9 Å². The second-order valence-corrected chi connectivity index (χ2v) is 4.62.